The quantitative estimate of drug-likeness (QED) is 0.779. The van der Waals surface area contributed by atoms with Gasteiger partial charge < -0.3 is 9.47 Å². The van der Waals surface area contributed by atoms with Crippen LogP contribution in [0.25, 0.3) is 0 Å². The van der Waals surface area contributed by atoms with Crippen molar-refractivity contribution in [3.8, 4) is 0 Å². The van der Waals surface area contributed by atoms with E-state index in [-0.39, 0.29) is 10.6 Å². The van der Waals surface area contributed by atoms with Crippen LogP contribution in [0.3, 0.4) is 0 Å². The summed E-state index contributed by atoms with van der Waals surface area (Å²) < 4.78 is 34.3. The van der Waals surface area contributed by atoms with Crippen LogP contribution >= 0.6 is 15.9 Å². The average Bonchev–Trinajstić information content (AvgIpc) is 2.26. The van der Waals surface area contributed by atoms with Crippen molar-refractivity contribution in [1.82, 2.24) is 0 Å². The summed E-state index contributed by atoms with van der Waals surface area (Å²) in [5, 5.41) is 0. The Bertz CT molecular complexity index is 440. The fraction of sp³-hybridized carbons (Fsp3) is 0.400. The maximum Gasteiger partial charge on any atom is 0.184 e. The summed E-state index contributed by atoms with van der Waals surface area (Å²) in [6.45, 7) is 0. The van der Waals surface area contributed by atoms with E-state index in [0.717, 1.165) is 0 Å². The van der Waals surface area contributed by atoms with Crippen LogP contribution in [-0.2, 0) is 19.3 Å². The molecule has 0 saturated heterocycles. The Balaban J connectivity index is 2.99. The van der Waals surface area contributed by atoms with Crippen LogP contribution in [0.1, 0.15) is 0 Å². The molecule has 0 bridgehead atoms. The SMILES string of the molecule is COC(CS(=O)(=O)c1ccccc1Br)OC. The molecular weight excluding hydrogens is 296 g/mol. The van der Waals surface area contributed by atoms with Crippen LogP contribution in [0.5, 0.6) is 0 Å². The molecule has 1 aromatic rings. The average molecular weight is 309 g/mol. The van der Waals surface area contributed by atoms with Crippen LogP contribution in [0.15, 0.2) is 33.6 Å². The molecule has 0 aliphatic carbocycles. The minimum Gasteiger partial charge on any atom is -0.355 e. The molecule has 0 aliphatic heterocycles. The molecule has 16 heavy (non-hydrogen) atoms. The Morgan fingerprint density at radius 1 is 1.25 bits per heavy atom. The zero-order valence-electron chi connectivity index (χ0n) is 9.01. The zero-order chi connectivity index (χ0) is 12.2. The highest BCUT2D eigenvalue weighted by Crippen LogP contribution is 2.23. The van der Waals surface area contributed by atoms with Crippen LogP contribution in [-0.4, -0.2) is 34.7 Å². The number of methoxy groups -OCH3 is 2. The summed E-state index contributed by atoms with van der Waals surface area (Å²) in [6.07, 6.45) is -0.753. The lowest BCUT2D eigenvalue weighted by atomic mass is 10.4. The highest BCUT2D eigenvalue weighted by atomic mass is 79.9. The van der Waals surface area contributed by atoms with Crippen molar-refractivity contribution < 1.29 is 17.9 Å². The van der Waals surface area contributed by atoms with E-state index in [9.17, 15) is 8.42 Å². The van der Waals surface area contributed by atoms with E-state index in [4.69, 9.17) is 9.47 Å². The molecule has 0 radical (unpaired) electrons. The Morgan fingerprint density at radius 3 is 2.31 bits per heavy atom. The fourth-order valence-electron chi connectivity index (χ4n) is 1.20. The number of ether oxygens (including phenoxy) is 2. The van der Waals surface area contributed by atoms with Gasteiger partial charge in [-0.1, -0.05) is 12.1 Å². The van der Waals surface area contributed by atoms with E-state index in [1.54, 1.807) is 24.3 Å². The van der Waals surface area contributed by atoms with E-state index >= 15 is 0 Å². The standard InChI is InChI=1S/C10H13BrO4S/c1-14-10(15-2)7-16(12,13)9-6-4-3-5-8(9)11/h3-6,10H,7H2,1-2H3. The van der Waals surface area contributed by atoms with Gasteiger partial charge in [0.1, 0.15) is 5.75 Å². The zero-order valence-corrected chi connectivity index (χ0v) is 11.4. The first-order valence-electron chi connectivity index (χ1n) is 4.54. The van der Waals surface area contributed by atoms with Gasteiger partial charge in [0.15, 0.2) is 16.1 Å². The molecule has 4 nitrogen and oxygen atoms in total. The van der Waals surface area contributed by atoms with Crippen molar-refractivity contribution >= 4 is 25.8 Å². The molecule has 0 aliphatic rings. The van der Waals surface area contributed by atoms with Gasteiger partial charge in [0.25, 0.3) is 0 Å². The Kier molecular flexibility index (Phi) is 4.91. The molecule has 0 heterocycles. The van der Waals surface area contributed by atoms with Crippen LogP contribution in [0.2, 0.25) is 0 Å². The maximum absolute atomic E-state index is 12.0. The summed E-state index contributed by atoms with van der Waals surface area (Å²) in [5.41, 5.74) is 0. The van der Waals surface area contributed by atoms with Crippen molar-refractivity contribution in [2.75, 3.05) is 20.0 Å². The molecular formula is C10H13BrO4S. The van der Waals surface area contributed by atoms with Crippen molar-refractivity contribution in [3.05, 3.63) is 28.7 Å². The Hall–Kier alpha value is -0.430. The van der Waals surface area contributed by atoms with Gasteiger partial charge in [-0.3, -0.25) is 0 Å². The van der Waals surface area contributed by atoms with Crippen LogP contribution < -0.4 is 0 Å². The lowest BCUT2D eigenvalue weighted by Crippen LogP contribution is -2.24. The Labute approximate surface area is 104 Å². The van der Waals surface area contributed by atoms with E-state index in [0.29, 0.717) is 4.47 Å². The van der Waals surface area contributed by atoms with E-state index in [1.807, 2.05) is 0 Å². The van der Waals surface area contributed by atoms with E-state index in [1.165, 1.54) is 14.2 Å². The molecule has 1 aromatic carbocycles. The van der Waals surface area contributed by atoms with Crippen molar-refractivity contribution in [1.29, 1.82) is 0 Å². The minimum atomic E-state index is -3.41. The minimum absolute atomic E-state index is 0.206. The summed E-state index contributed by atoms with van der Waals surface area (Å²) in [6, 6.07) is 6.66. The lowest BCUT2D eigenvalue weighted by Gasteiger charge is -2.14. The number of hydrogen-bond donors (Lipinski definition) is 0. The molecule has 0 aromatic heterocycles. The van der Waals surface area contributed by atoms with Crippen molar-refractivity contribution in [3.63, 3.8) is 0 Å². The molecule has 1 rings (SSSR count). The molecule has 6 heteroatoms. The largest absolute Gasteiger partial charge is 0.355 e. The first-order valence-corrected chi connectivity index (χ1v) is 6.98. The van der Waals surface area contributed by atoms with Crippen molar-refractivity contribution in [2.45, 2.75) is 11.2 Å². The number of benzene rings is 1. The normalized spacial score (nSPS) is 12.0. The molecule has 0 unspecified atom stereocenters. The highest BCUT2D eigenvalue weighted by Gasteiger charge is 2.22. The van der Waals surface area contributed by atoms with Gasteiger partial charge in [-0.05, 0) is 28.1 Å². The molecule has 0 amide bonds. The molecule has 0 N–H and O–H groups in total. The second-order valence-electron chi connectivity index (χ2n) is 3.11. The van der Waals surface area contributed by atoms with Crippen LogP contribution in [0.4, 0.5) is 0 Å². The third-order valence-electron chi connectivity index (χ3n) is 2.05. The van der Waals surface area contributed by atoms with Crippen LogP contribution in [0, 0.1) is 0 Å². The van der Waals surface area contributed by atoms with Gasteiger partial charge in [0.2, 0.25) is 0 Å². The van der Waals surface area contributed by atoms with Gasteiger partial charge >= 0.3 is 0 Å². The number of rotatable bonds is 5. The predicted octanol–water partition coefficient (Wildman–Crippen LogP) is 1.84. The van der Waals surface area contributed by atoms with Crippen molar-refractivity contribution in [2.24, 2.45) is 0 Å². The number of hydrogen-bond acceptors (Lipinski definition) is 4. The first-order chi connectivity index (χ1) is 7.51. The third kappa shape index (κ3) is 3.28. The molecule has 90 valence electrons. The predicted molar refractivity (Wildman–Crippen MR) is 64.0 cm³/mol. The summed E-state index contributed by atoms with van der Waals surface area (Å²) >= 11 is 3.21. The maximum atomic E-state index is 12.0. The number of sulfone groups is 1. The molecule has 0 saturated carbocycles. The van der Waals surface area contributed by atoms with Gasteiger partial charge in [-0.2, -0.15) is 0 Å². The molecule has 0 fully saturated rings. The second kappa shape index (κ2) is 5.77. The first kappa shape index (κ1) is 13.6. The third-order valence-corrected chi connectivity index (χ3v) is 4.74. The van der Waals surface area contributed by atoms with Gasteiger partial charge in [0, 0.05) is 18.7 Å². The summed E-state index contributed by atoms with van der Waals surface area (Å²) in [5.74, 6) is -0.206. The van der Waals surface area contributed by atoms with Gasteiger partial charge in [-0.15, -0.1) is 0 Å². The van der Waals surface area contributed by atoms with E-state index < -0.39 is 16.1 Å². The molecule has 0 spiro atoms. The Morgan fingerprint density at radius 2 is 1.81 bits per heavy atom. The monoisotopic (exact) mass is 308 g/mol. The number of halogens is 1. The summed E-state index contributed by atoms with van der Waals surface area (Å²) in [4.78, 5) is 0.245. The second-order valence-corrected chi connectivity index (χ2v) is 5.97. The molecule has 0 atom stereocenters. The highest BCUT2D eigenvalue weighted by molar-refractivity contribution is 9.10. The smallest absolute Gasteiger partial charge is 0.184 e. The summed E-state index contributed by atoms with van der Waals surface area (Å²) in [7, 11) is -0.598. The van der Waals surface area contributed by atoms with E-state index in [2.05, 4.69) is 15.9 Å². The topological polar surface area (TPSA) is 52.6 Å². The fourth-order valence-corrected chi connectivity index (χ4v) is 3.68. The lowest BCUT2D eigenvalue weighted by molar-refractivity contribution is -0.0851. The van der Waals surface area contributed by atoms with Gasteiger partial charge in [-0.25, -0.2) is 8.42 Å². The van der Waals surface area contributed by atoms with Gasteiger partial charge in [0.05, 0.1) is 4.90 Å².